The number of anilines is 1. The minimum absolute atomic E-state index is 0.172. The van der Waals surface area contributed by atoms with E-state index >= 15 is 0 Å². The number of hydrogen-bond donors (Lipinski definition) is 0. The van der Waals surface area contributed by atoms with Crippen LogP contribution in [0.1, 0.15) is 17.4 Å². The molecule has 0 saturated carbocycles. The fourth-order valence-corrected chi connectivity index (χ4v) is 4.23. The summed E-state index contributed by atoms with van der Waals surface area (Å²) in [5, 5.41) is 2.42. The Morgan fingerprint density at radius 1 is 0.967 bits per heavy atom. The highest BCUT2D eigenvalue weighted by molar-refractivity contribution is 7.13. The minimum atomic E-state index is -0.845. The maximum absolute atomic E-state index is 12.7. The van der Waals surface area contributed by atoms with Crippen molar-refractivity contribution < 1.29 is 14.3 Å². The van der Waals surface area contributed by atoms with Crippen LogP contribution in [0.15, 0.2) is 66.0 Å². The third-order valence-corrected chi connectivity index (χ3v) is 5.97. The fourth-order valence-electron chi connectivity index (χ4n) is 3.43. The average molecular weight is 422 g/mol. The van der Waals surface area contributed by atoms with Gasteiger partial charge in [0.15, 0.2) is 11.8 Å². The first-order chi connectivity index (χ1) is 14.6. The fraction of sp³-hybridized carbons (Fsp3) is 0.261. The molecule has 1 atom stereocenters. The molecule has 2 heterocycles. The third kappa shape index (κ3) is 4.52. The van der Waals surface area contributed by atoms with Crippen LogP contribution in [0.3, 0.4) is 0 Å². The van der Waals surface area contributed by atoms with Gasteiger partial charge in [0.1, 0.15) is 5.01 Å². The van der Waals surface area contributed by atoms with Crippen LogP contribution < -0.4 is 4.90 Å². The van der Waals surface area contributed by atoms with Gasteiger partial charge in [-0.25, -0.2) is 9.78 Å². The van der Waals surface area contributed by atoms with Gasteiger partial charge >= 0.3 is 5.97 Å². The van der Waals surface area contributed by atoms with Crippen molar-refractivity contribution in [2.75, 3.05) is 31.1 Å². The number of thiazole rings is 1. The molecule has 1 amide bonds. The molecule has 0 aliphatic carbocycles. The topological polar surface area (TPSA) is 62.7 Å². The summed E-state index contributed by atoms with van der Waals surface area (Å²) in [6.45, 7) is 4.33. The molecule has 0 spiro atoms. The Kier molecular flexibility index (Phi) is 6.09. The van der Waals surface area contributed by atoms with E-state index in [4.69, 9.17) is 4.74 Å². The number of hydrogen-bond acceptors (Lipinski definition) is 6. The third-order valence-electron chi connectivity index (χ3n) is 5.08. The van der Waals surface area contributed by atoms with Gasteiger partial charge in [0, 0.05) is 42.8 Å². The first-order valence-corrected chi connectivity index (χ1v) is 10.8. The summed E-state index contributed by atoms with van der Waals surface area (Å²) in [7, 11) is 0. The number of para-hydroxylation sites is 1. The number of nitrogens with zero attached hydrogens (tertiary/aromatic N) is 3. The number of ether oxygens (including phenoxy) is 1. The summed E-state index contributed by atoms with van der Waals surface area (Å²) >= 11 is 1.38. The van der Waals surface area contributed by atoms with Crippen molar-refractivity contribution in [2.24, 2.45) is 0 Å². The van der Waals surface area contributed by atoms with E-state index in [2.05, 4.69) is 22.0 Å². The Bertz CT molecular complexity index is 999. The Morgan fingerprint density at radius 2 is 1.60 bits per heavy atom. The van der Waals surface area contributed by atoms with E-state index in [9.17, 15) is 9.59 Å². The number of aromatic nitrogens is 1. The van der Waals surface area contributed by atoms with Crippen LogP contribution >= 0.6 is 11.3 Å². The Morgan fingerprint density at radius 3 is 2.27 bits per heavy atom. The second kappa shape index (κ2) is 9.09. The molecule has 3 aromatic rings. The van der Waals surface area contributed by atoms with Gasteiger partial charge in [-0.1, -0.05) is 48.5 Å². The van der Waals surface area contributed by atoms with Gasteiger partial charge in [-0.2, -0.15) is 0 Å². The van der Waals surface area contributed by atoms with Crippen LogP contribution in [0.5, 0.6) is 0 Å². The Hall–Kier alpha value is -3.19. The van der Waals surface area contributed by atoms with E-state index in [1.54, 1.807) is 17.2 Å². The molecular formula is C23H23N3O3S. The number of benzene rings is 2. The van der Waals surface area contributed by atoms with Crippen LogP contribution in [0.25, 0.3) is 10.6 Å². The van der Waals surface area contributed by atoms with Gasteiger partial charge < -0.3 is 14.5 Å². The Balaban J connectivity index is 1.32. The molecule has 6 nitrogen and oxygen atoms in total. The Labute approximate surface area is 179 Å². The van der Waals surface area contributed by atoms with Gasteiger partial charge in [-0.15, -0.1) is 11.3 Å². The zero-order valence-electron chi connectivity index (χ0n) is 16.7. The zero-order valence-corrected chi connectivity index (χ0v) is 17.5. The van der Waals surface area contributed by atoms with E-state index in [1.807, 2.05) is 48.5 Å². The van der Waals surface area contributed by atoms with Crippen LogP contribution in [-0.4, -0.2) is 54.0 Å². The number of esters is 1. The highest BCUT2D eigenvalue weighted by Gasteiger charge is 2.28. The van der Waals surface area contributed by atoms with Crippen LogP contribution in [0.2, 0.25) is 0 Å². The van der Waals surface area contributed by atoms with Crippen LogP contribution in [-0.2, 0) is 9.53 Å². The van der Waals surface area contributed by atoms with Gasteiger partial charge in [-0.3, -0.25) is 4.79 Å². The lowest BCUT2D eigenvalue weighted by Crippen LogP contribution is -2.51. The maximum Gasteiger partial charge on any atom is 0.358 e. The van der Waals surface area contributed by atoms with Crippen molar-refractivity contribution in [2.45, 2.75) is 13.0 Å². The standard InChI is InChI=1S/C23H23N3O3S/c1-17(22(27)26-14-12-25(13-15-26)19-10-6-3-7-11-19)29-23(28)20-16-30-21(24-20)18-8-4-2-5-9-18/h2-11,16-17H,12-15H2,1H3. The molecule has 0 bridgehead atoms. The lowest BCUT2D eigenvalue weighted by molar-refractivity contribution is -0.140. The first-order valence-electron chi connectivity index (χ1n) is 9.92. The van der Waals surface area contributed by atoms with E-state index < -0.39 is 12.1 Å². The number of rotatable bonds is 5. The average Bonchev–Trinajstić information content (AvgIpc) is 3.30. The monoisotopic (exact) mass is 421 g/mol. The molecule has 1 unspecified atom stereocenters. The van der Waals surface area contributed by atoms with Crippen molar-refractivity contribution in [3.05, 3.63) is 71.7 Å². The lowest BCUT2D eigenvalue weighted by Gasteiger charge is -2.37. The normalized spacial score (nSPS) is 15.0. The highest BCUT2D eigenvalue weighted by atomic mass is 32.1. The van der Waals surface area contributed by atoms with Gasteiger partial charge in [0.25, 0.3) is 5.91 Å². The summed E-state index contributed by atoms with van der Waals surface area (Å²) in [5.74, 6) is -0.744. The predicted octanol–water partition coefficient (Wildman–Crippen LogP) is 3.70. The minimum Gasteiger partial charge on any atom is -0.448 e. The summed E-state index contributed by atoms with van der Waals surface area (Å²) in [5.41, 5.74) is 2.33. The molecule has 1 aliphatic rings. The predicted molar refractivity (Wildman–Crippen MR) is 118 cm³/mol. The van der Waals surface area contributed by atoms with Crippen molar-refractivity contribution in [3.8, 4) is 10.6 Å². The molecule has 30 heavy (non-hydrogen) atoms. The molecular weight excluding hydrogens is 398 g/mol. The van der Waals surface area contributed by atoms with E-state index in [-0.39, 0.29) is 11.6 Å². The van der Waals surface area contributed by atoms with E-state index in [1.165, 1.54) is 11.3 Å². The van der Waals surface area contributed by atoms with Crippen molar-refractivity contribution >= 4 is 28.9 Å². The highest BCUT2D eigenvalue weighted by Crippen LogP contribution is 2.24. The lowest BCUT2D eigenvalue weighted by atomic mass is 10.2. The molecule has 1 aromatic heterocycles. The molecule has 1 aliphatic heterocycles. The van der Waals surface area contributed by atoms with Gasteiger partial charge in [-0.05, 0) is 19.1 Å². The quantitative estimate of drug-likeness (QED) is 0.588. The van der Waals surface area contributed by atoms with E-state index in [0.29, 0.717) is 13.1 Å². The number of carbonyl (C=O) groups excluding carboxylic acids is 2. The van der Waals surface area contributed by atoms with Crippen molar-refractivity contribution in [1.82, 2.24) is 9.88 Å². The maximum atomic E-state index is 12.7. The van der Waals surface area contributed by atoms with E-state index in [0.717, 1.165) is 29.3 Å². The molecule has 0 N–H and O–H groups in total. The molecule has 7 heteroatoms. The molecule has 1 fully saturated rings. The number of piperazine rings is 1. The smallest absolute Gasteiger partial charge is 0.358 e. The largest absolute Gasteiger partial charge is 0.448 e. The first kappa shape index (κ1) is 20.1. The number of amides is 1. The molecule has 2 aromatic carbocycles. The summed E-state index contributed by atoms with van der Waals surface area (Å²) in [4.78, 5) is 33.6. The second-order valence-corrected chi connectivity index (χ2v) is 7.96. The molecule has 1 saturated heterocycles. The van der Waals surface area contributed by atoms with Crippen molar-refractivity contribution in [3.63, 3.8) is 0 Å². The summed E-state index contributed by atoms with van der Waals surface area (Å²) in [6.07, 6.45) is -0.845. The van der Waals surface area contributed by atoms with Gasteiger partial charge in [0.05, 0.1) is 0 Å². The number of carbonyl (C=O) groups is 2. The van der Waals surface area contributed by atoms with Crippen LogP contribution in [0, 0.1) is 0 Å². The molecule has 0 radical (unpaired) electrons. The molecule has 154 valence electrons. The summed E-state index contributed by atoms with van der Waals surface area (Å²) < 4.78 is 5.41. The zero-order chi connectivity index (χ0) is 20.9. The summed E-state index contributed by atoms with van der Waals surface area (Å²) in [6, 6.07) is 19.8. The molecule has 4 rings (SSSR count). The van der Waals surface area contributed by atoms with Crippen molar-refractivity contribution in [1.29, 1.82) is 0 Å². The SMILES string of the molecule is CC(OC(=O)c1csc(-c2ccccc2)n1)C(=O)N1CCN(c2ccccc2)CC1. The second-order valence-electron chi connectivity index (χ2n) is 7.10. The van der Waals surface area contributed by atoms with Gasteiger partial charge in [0.2, 0.25) is 0 Å². The van der Waals surface area contributed by atoms with Crippen LogP contribution in [0.4, 0.5) is 5.69 Å².